The molecular formula is C8H7NO5. The van der Waals surface area contributed by atoms with Crippen LogP contribution in [-0.4, -0.2) is 21.1 Å². The number of benzene rings is 1. The SMILES string of the molecule is O=C(O)c1cccc(CO)c1[N+](=O)[O-]. The van der Waals surface area contributed by atoms with Crippen LogP contribution in [0.4, 0.5) is 5.69 Å². The predicted molar refractivity (Wildman–Crippen MR) is 46.0 cm³/mol. The number of aliphatic hydroxyl groups is 1. The molecule has 0 amide bonds. The van der Waals surface area contributed by atoms with E-state index in [2.05, 4.69) is 0 Å². The Morgan fingerprint density at radius 2 is 2.14 bits per heavy atom. The number of aromatic carboxylic acids is 1. The quantitative estimate of drug-likeness (QED) is 0.550. The predicted octanol–water partition coefficient (Wildman–Crippen LogP) is 0.785. The third kappa shape index (κ3) is 1.69. The summed E-state index contributed by atoms with van der Waals surface area (Å²) in [6, 6.07) is 3.78. The lowest BCUT2D eigenvalue weighted by molar-refractivity contribution is -0.386. The summed E-state index contributed by atoms with van der Waals surface area (Å²) in [4.78, 5) is 20.3. The zero-order chi connectivity index (χ0) is 10.7. The Bertz CT molecular complexity index is 387. The summed E-state index contributed by atoms with van der Waals surface area (Å²) in [6.45, 7) is -0.558. The maximum atomic E-state index is 10.6. The van der Waals surface area contributed by atoms with Crippen LogP contribution < -0.4 is 0 Å². The van der Waals surface area contributed by atoms with Gasteiger partial charge < -0.3 is 10.2 Å². The molecule has 0 aliphatic carbocycles. The minimum atomic E-state index is -1.38. The summed E-state index contributed by atoms with van der Waals surface area (Å²) < 4.78 is 0. The summed E-state index contributed by atoms with van der Waals surface area (Å²) in [6.07, 6.45) is 0. The second-order valence-electron chi connectivity index (χ2n) is 2.53. The summed E-state index contributed by atoms with van der Waals surface area (Å²) >= 11 is 0. The largest absolute Gasteiger partial charge is 0.477 e. The molecule has 6 heteroatoms. The molecule has 6 nitrogen and oxygen atoms in total. The van der Waals surface area contributed by atoms with E-state index in [1.165, 1.54) is 12.1 Å². The lowest BCUT2D eigenvalue weighted by Crippen LogP contribution is -2.05. The van der Waals surface area contributed by atoms with Crippen molar-refractivity contribution in [2.75, 3.05) is 0 Å². The molecule has 0 unspecified atom stereocenters. The van der Waals surface area contributed by atoms with E-state index in [9.17, 15) is 14.9 Å². The number of aliphatic hydroxyl groups excluding tert-OH is 1. The Morgan fingerprint density at radius 3 is 2.57 bits per heavy atom. The van der Waals surface area contributed by atoms with E-state index in [1.54, 1.807) is 0 Å². The van der Waals surface area contributed by atoms with Gasteiger partial charge in [0.15, 0.2) is 0 Å². The molecule has 0 bridgehead atoms. The third-order valence-electron chi connectivity index (χ3n) is 1.70. The van der Waals surface area contributed by atoms with Crippen LogP contribution in [0.5, 0.6) is 0 Å². The van der Waals surface area contributed by atoms with Crippen molar-refractivity contribution >= 4 is 11.7 Å². The fourth-order valence-electron chi connectivity index (χ4n) is 1.11. The van der Waals surface area contributed by atoms with E-state index >= 15 is 0 Å². The number of nitrogens with zero attached hydrogens (tertiary/aromatic N) is 1. The van der Waals surface area contributed by atoms with Gasteiger partial charge in [0.25, 0.3) is 5.69 Å². The average molecular weight is 197 g/mol. The number of carboxylic acid groups (broad SMARTS) is 1. The molecule has 0 heterocycles. The Kier molecular flexibility index (Phi) is 2.78. The van der Waals surface area contributed by atoms with Crippen LogP contribution in [0.3, 0.4) is 0 Å². The standard InChI is InChI=1S/C8H7NO5/c10-4-5-2-1-3-6(8(11)12)7(5)9(13)14/h1-3,10H,4H2,(H,11,12). The van der Waals surface area contributed by atoms with Gasteiger partial charge in [0.2, 0.25) is 0 Å². The summed E-state index contributed by atoms with van der Waals surface area (Å²) in [5.74, 6) is -1.38. The van der Waals surface area contributed by atoms with Crippen molar-refractivity contribution in [2.45, 2.75) is 6.61 Å². The van der Waals surface area contributed by atoms with E-state index in [4.69, 9.17) is 10.2 Å². The van der Waals surface area contributed by atoms with Gasteiger partial charge in [-0.1, -0.05) is 6.07 Å². The van der Waals surface area contributed by atoms with Gasteiger partial charge in [-0.05, 0) is 12.1 Å². The van der Waals surface area contributed by atoms with E-state index in [0.29, 0.717) is 0 Å². The Hall–Kier alpha value is -1.95. The topological polar surface area (TPSA) is 101 Å². The van der Waals surface area contributed by atoms with Crippen LogP contribution in [0.1, 0.15) is 15.9 Å². The molecule has 0 aromatic heterocycles. The number of nitro benzene ring substituents is 1. The molecule has 1 rings (SSSR count). The van der Waals surface area contributed by atoms with Crippen molar-refractivity contribution in [1.29, 1.82) is 0 Å². The first-order valence-corrected chi connectivity index (χ1v) is 3.68. The number of hydrogen-bond acceptors (Lipinski definition) is 4. The van der Waals surface area contributed by atoms with Gasteiger partial charge in [0.1, 0.15) is 5.56 Å². The van der Waals surface area contributed by atoms with Gasteiger partial charge in [0, 0.05) is 0 Å². The van der Waals surface area contributed by atoms with Crippen molar-refractivity contribution in [3.05, 3.63) is 39.4 Å². The summed E-state index contributed by atoms with van der Waals surface area (Å²) in [5.41, 5.74) is -0.973. The summed E-state index contributed by atoms with van der Waals surface area (Å²) in [7, 11) is 0. The Balaban J connectivity index is 3.43. The van der Waals surface area contributed by atoms with Crippen molar-refractivity contribution in [2.24, 2.45) is 0 Å². The van der Waals surface area contributed by atoms with Gasteiger partial charge >= 0.3 is 5.97 Å². The van der Waals surface area contributed by atoms with Gasteiger partial charge in [-0.15, -0.1) is 0 Å². The zero-order valence-corrected chi connectivity index (χ0v) is 7.01. The van der Waals surface area contributed by atoms with E-state index in [1.807, 2.05) is 0 Å². The van der Waals surface area contributed by atoms with Gasteiger partial charge in [-0.2, -0.15) is 0 Å². The second-order valence-corrected chi connectivity index (χ2v) is 2.53. The maximum Gasteiger partial charge on any atom is 0.342 e. The van der Waals surface area contributed by atoms with Crippen LogP contribution in [0.25, 0.3) is 0 Å². The molecule has 0 aliphatic heterocycles. The van der Waals surface area contributed by atoms with Crippen molar-refractivity contribution in [3.8, 4) is 0 Å². The fourth-order valence-corrected chi connectivity index (χ4v) is 1.11. The van der Waals surface area contributed by atoms with Crippen molar-refractivity contribution < 1.29 is 19.9 Å². The van der Waals surface area contributed by atoms with Gasteiger partial charge in [-0.25, -0.2) is 4.79 Å². The molecule has 1 aromatic rings. The van der Waals surface area contributed by atoms with E-state index < -0.39 is 28.8 Å². The molecule has 0 radical (unpaired) electrons. The molecule has 0 saturated heterocycles. The maximum absolute atomic E-state index is 10.6. The van der Waals surface area contributed by atoms with Crippen LogP contribution in [0.15, 0.2) is 18.2 Å². The number of para-hydroxylation sites is 1. The van der Waals surface area contributed by atoms with E-state index in [-0.39, 0.29) is 5.56 Å². The molecule has 1 aromatic carbocycles. The first-order chi connectivity index (χ1) is 6.57. The molecular weight excluding hydrogens is 190 g/mol. The molecule has 14 heavy (non-hydrogen) atoms. The van der Waals surface area contributed by atoms with Gasteiger partial charge in [0.05, 0.1) is 17.1 Å². The van der Waals surface area contributed by atoms with Crippen molar-refractivity contribution in [3.63, 3.8) is 0 Å². The molecule has 2 N–H and O–H groups in total. The first-order valence-electron chi connectivity index (χ1n) is 3.68. The second kappa shape index (κ2) is 3.84. The smallest absolute Gasteiger partial charge is 0.342 e. The Morgan fingerprint density at radius 1 is 1.50 bits per heavy atom. The highest BCUT2D eigenvalue weighted by Crippen LogP contribution is 2.23. The molecule has 0 saturated carbocycles. The molecule has 0 spiro atoms. The molecule has 74 valence electrons. The number of nitro groups is 1. The molecule has 0 atom stereocenters. The fraction of sp³-hybridized carbons (Fsp3) is 0.125. The minimum absolute atomic E-state index is 0.00472. The Labute approximate surface area is 78.6 Å². The van der Waals surface area contributed by atoms with E-state index in [0.717, 1.165) is 6.07 Å². The number of rotatable bonds is 3. The van der Waals surface area contributed by atoms with Crippen LogP contribution in [0.2, 0.25) is 0 Å². The number of hydrogen-bond donors (Lipinski definition) is 2. The first kappa shape index (κ1) is 10.1. The number of carboxylic acids is 1. The van der Waals surface area contributed by atoms with Crippen LogP contribution in [0, 0.1) is 10.1 Å². The lowest BCUT2D eigenvalue weighted by Gasteiger charge is -2.01. The molecule has 0 fully saturated rings. The monoisotopic (exact) mass is 197 g/mol. The average Bonchev–Trinajstić information content (AvgIpc) is 2.16. The lowest BCUT2D eigenvalue weighted by atomic mass is 10.1. The third-order valence-corrected chi connectivity index (χ3v) is 1.70. The minimum Gasteiger partial charge on any atom is -0.477 e. The summed E-state index contributed by atoms with van der Waals surface area (Å²) in [5, 5.41) is 28.0. The molecule has 0 aliphatic rings. The highest BCUT2D eigenvalue weighted by Gasteiger charge is 2.23. The van der Waals surface area contributed by atoms with Crippen molar-refractivity contribution in [1.82, 2.24) is 0 Å². The normalized spacial score (nSPS) is 9.79. The zero-order valence-electron chi connectivity index (χ0n) is 7.01. The highest BCUT2D eigenvalue weighted by molar-refractivity contribution is 5.93. The van der Waals surface area contributed by atoms with Crippen LogP contribution in [-0.2, 0) is 6.61 Å². The highest BCUT2D eigenvalue weighted by atomic mass is 16.6. The van der Waals surface area contributed by atoms with Crippen LogP contribution >= 0.6 is 0 Å². The van der Waals surface area contributed by atoms with Gasteiger partial charge in [-0.3, -0.25) is 10.1 Å². The number of carbonyl (C=O) groups is 1.